The van der Waals surface area contributed by atoms with Gasteiger partial charge in [0, 0.05) is 17.7 Å². The smallest absolute Gasteiger partial charge is 0.227 e. The molecule has 0 aliphatic heterocycles. The SMILES string of the molecule is Oc1ccc(-c2nc3c(Cl)cc(O)cc3o2)cc1. The summed E-state index contributed by atoms with van der Waals surface area (Å²) in [6.45, 7) is 0. The van der Waals surface area contributed by atoms with Gasteiger partial charge in [-0.2, -0.15) is 0 Å². The lowest BCUT2D eigenvalue weighted by molar-refractivity contribution is 0.474. The van der Waals surface area contributed by atoms with E-state index in [9.17, 15) is 10.2 Å². The molecular formula is C13H8ClNO3. The second-order valence-electron chi connectivity index (χ2n) is 3.84. The molecule has 5 heteroatoms. The number of fused-ring (bicyclic) bond motifs is 1. The van der Waals surface area contributed by atoms with Gasteiger partial charge in [-0.3, -0.25) is 0 Å². The van der Waals surface area contributed by atoms with Crippen LogP contribution in [0.25, 0.3) is 22.6 Å². The van der Waals surface area contributed by atoms with Crippen LogP contribution in [0, 0.1) is 0 Å². The first-order valence-corrected chi connectivity index (χ1v) is 5.60. The van der Waals surface area contributed by atoms with Gasteiger partial charge < -0.3 is 14.6 Å². The minimum absolute atomic E-state index is 0.0286. The predicted molar refractivity (Wildman–Crippen MR) is 67.8 cm³/mol. The van der Waals surface area contributed by atoms with Gasteiger partial charge in [-0.1, -0.05) is 11.6 Å². The van der Waals surface area contributed by atoms with Crippen molar-refractivity contribution in [1.29, 1.82) is 0 Å². The van der Waals surface area contributed by atoms with Crippen LogP contribution in [0.3, 0.4) is 0 Å². The third-order valence-corrected chi connectivity index (χ3v) is 2.84. The van der Waals surface area contributed by atoms with Crippen molar-refractivity contribution in [3.05, 3.63) is 41.4 Å². The zero-order chi connectivity index (χ0) is 12.7. The summed E-state index contributed by atoms with van der Waals surface area (Å²) in [6, 6.07) is 9.33. The standard InChI is InChI=1S/C13H8ClNO3/c14-10-5-9(17)6-11-12(10)15-13(18-11)7-1-3-8(16)4-2-7/h1-6,16-17H. The average molecular weight is 262 g/mol. The summed E-state index contributed by atoms with van der Waals surface area (Å²) >= 11 is 5.97. The van der Waals surface area contributed by atoms with Crippen molar-refractivity contribution in [2.24, 2.45) is 0 Å². The minimum atomic E-state index is 0.0286. The van der Waals surface area contributed by atoms with E-state index in [1.807, 2.05) is 0 Å². The topological polar surface area (TPSA) is 66.5 Å². The number of halogens is 1. The molecule has 0 saturated heterocycles. The van der Waals surface area contributed by atoms with Crippen molar-refractivity contribution >= 4 is 22.7 Å². The van der Waals surface area contributed by atoms with Crippen LogP contribution in [0.5, 0.6) is 11.5 Å². The number of phenols is 2. The Bertz CT molecular complexity index is 719. The van der Waals surface area contributed by atoms with Crippen LogP contribution in [0.4, 0.5) is 0 Å². The predicted octanol–water partition coefficient (Wildman–Crippen LogP) is 3.56. The molecule has 0 radical (unpaired) electrons. The van der Waals surface area contributed by atoms with Gasteiger partial charge >= 0.3 is 0 Å². The molecule has 3 aromatic rings. The fourth-order valence-corrected chi connectivity index (χ4v) is 1.95. The second kappa shape index (κ2) is 3.92. The van der Waals surface area contributed by atoms with Gasteiger partial charge in [0.2, 0.25) is 5.89 Å². The molecule has 1 aromatic heterocycles. The minimum Gasteiger partial charge on any atom is -0.508 e. The van der Waals surface area contributed by atoms with Crippen LogP contribution in [0.1, 0.15) is 0 Å². The van der Waals surface area contributed by atoms with Crippen LogP contribution in [-0.2, 0) is 0 Å². The number of aromatic nitrogens is 1. The highest BCUT2D eigenvalue weighted by Gasteiger charge is 2.12. The quantitative estimate of drug-likeness (QED) is 0.703. The maximum atomic E-state index is 9.42. The molecular weight excluding hydrogens is 254 g/mol. The van der Waals surface area contributed by atoms with Crippen LogP contribution < -0.4 is 0 Å². The summed E-state index contributed by atoms with van der Waals surface area (Å²) in [4.78, 5) is 4.26. The van der Waals surface area contributed by atoms with Gasteiger partial charge in [-0.15, -0.1) is 0 Å². The number of aromatic hydroxyl groups is 2. The zero-order valence-corrected chi connectivity index (χ0v) is 9.85. The van der Waals surface area contributed by atoms with E-state index in [2.05, 4.69) is 4.98 Å². The third kappa shape index (κ3) is 1.76. The molecule has 0 fully saturated rings. The van der Waals surface area contributed by atoms with E-state index in [1.165, 1.54) is 12.1 Å². The van der Waals surface area contributed by atoms with Crippen molar-refractivity contribution in [1.82, 2.24) is 4.98 Å². The molecule has 0 bridgehead atoms. The van der Waals surface area contributed by atoms with Crippen LogP contribution in [-0.4, -0.2) is 15.2 Å². The Hall–Kier alpha value is -2.20. The molecule has 0 spiro atoms. The lowest BCUT2D eigenvalue weighted by Crippen LogP contribution is -1.76. The normalized spacial score (nSPS) is 10.9. The number of nitrogens with zero attached hydrogens (tertiary/aromatic N) is 1. The molecule has 0 amide bonds. The van der Waals surface area contributed by atoms with E-state index in [-0.39, 0.29) is 11.5 Å². The Balaban J connectivity index is 2.19. The van der Waals surface area contributed by atoms with E-state index in [0.717, 1.165) is 5.56 Å². The highest BCUT2D eigenvalue weighted by atomic mass is 35.5. The monoisotopic (exact) mass is 261 g/mol. The molecule has 0 unspecified atom stereocenters. The van der Waals surface area contributed by atoms with Gasteiger partial charge in [-0.25, -0.2) is 4.98 Å². The Morgan fingerprint density at radius 1 is 1.00 bits per heavy atom. The molecule has 3 rings (SSSR count). The van der Waals surface area contributed by atoms with E-state index in [0.29, 0.717) is 22.0 Å². The third-order valence-electron chi connectivity index (χ3n) is 2.55. The molecule has 1 heterocycles. The first kappa shape index (κ1) is 10.9. The lowest BCUT2D eigenvalue weighted by atomic mass is 10.2. The summed E-state index contributed by atoms with van der Waals surface area (Å²) in [5.74, 6) is 0.587. The number of hydrogen-bond acceptors (Lipinski definition) is 4. The molecule has 4 nitrogen and oxygen atoms in total. The van der Waals surface area contributed by atoms with Crippen molar-refractivity contribution < 1.29 is 14.6 Å². The van der Waals surface area contributed by atoms with Crippen molar-refractivity contribution in [3.63, 3.8) is 0 Å². The first-order chi connectivity index (χ1) is 8.63. The van der Waals surface area contributed by atoms with Gasteiger partial charge in [0.15, 0.2) is 5.58 Å². The molecule has 2 aromatic carbocycles. The summed E-state index contributed by atoms with van der Waals surface area (Å²) < 4.78 is 5.52. The Morgan fingerprint density at radius 2 is 1.72 bits per heavy atom. The lowest BCUT2D eigenvalue weighted by Gasteiger charge is -1.94. The van der Waals surface area contributed by atoms with Gasteiger partial charge in [0.25, 0.3) is 0 Å². The molecule has 90 valence electrons. The molecule has 0 saturated carbocycles. The molecule has 18 heavy (non-hydrogen) atoms. The maximum absolute atomic E-state index is 9.42. The van der Waals surface area contributed by atoms with Gasteiger partial charge in [0.05, 0.1) is 5.02 Å². The summed E-state index contributed by atoms with van der Waals surface area (Å²) in [5, 5.41) is 19.0. The van der Waals surface area contributed by atoms with Crippen molar-refractivity contribution in [3.8, 4) is 23.0 Å². The highest BCUT2D eigenvalue weighted by molar-refractivity contribution is 6.35. The highest BCUT2D eigenvalue weighted by Crippen LogP contribution is 2.32. The van der Waals surface area contributed by atoms with Crippen LogP contribution >= 0.6 is 11.6 Å². The Morgan fingerprint density at radius 3 is 2.44 bits per heavy atom. The first-order valence-electron chi connectivity index (χ1n) is 5.22. The van der Waals surface area contributed by atoms with E-state index >= 15 is 0 Å². The number of benzene rings is 2. The number of phenolic OH excluding ortho intramolecular Hbond substituents is 2. The Labute approximate surface area is 107 Å². The van der Waals surface area contributed by atoms with Gasteiger partial charge in [-0.05, 0) is 24.3 Å². The molecule has 2 N–H and O–H groups in total. The second-order valence-corrected chi connectivity index (χ2v) is 4.25. The number of oxazole rings is 1. The van der Waals surface area contributed by atoms with Crippen LogP contribution in [0.2, 0.25) is 5.02 Å². The maximum Gasteiger partial charge on any atom is 0.227 e. The van der Waals surface area contributed by atoms with E-state index < -0.39 is 0 Å². The van der Waals surface area contributed by atoms with Crippen LogP contribution in [0.15, 0.2) is 40.8 Å². The van der Waals surface area contributed by atoms with E-state index in [4.69, 9.17) is 16.0 Å². The average Bonchev–Trinajstić information content (AvgIpc) is 2.74. The Kier molecular flexibility index (Phi) is 2.38. The fourth-order valence-electron chi connectivity index (χ4n) is 1.70. The van der Waals surface area contributed by atoms with Gasteiger partial charge in [0.1, 0.15) is 17.0 Å². The largest absolute Gasteiger partial charge is 0.508 e. The van der Waals surface area contributed by atoms with Crippen molar-refractivity contribution in [2.75, 3.05) is 0 Å². The van der Waals surface area contributed by atoms with Crippen molar-refractivity contribution in [2.45, 2.75) is 0 Å². The summed E-state index contributed by atoms with van der Waals surface area (Å²) in [7, 11) is 0. The molecule has 0 aliphatic carbocycles. The van der Waals surface area contributed by atoms with E-state index in [1.54, 1.807) is 24.3 Å². The number of hydrogen-bond donors (Lipinski definition) is 2. The molecule has 0 atom stereocenters. The summed E-state index contributed by atoms with van der Waals surface area (Å²) in [5.41, 5.74) is 1.64. The fraction of sp³-hybridized carbons (Fsp3) is 0. The summed E-state index contributed by atoms with van der Waals surface area (Å²) in [6.07, 6.45) is 0. The zero-order valence-electron chi connectivity index (χ0n) is 9.09. The number of rotatable bonds is 1. The molecule has 0 aliphatic rings.